The molecule has 0 aliphatic rings. The number of benzene rings is 1. The molecule has 1 heterocycles. The first-order valence-electron chi connectivity index (χ1n) is 4.71. The van der Waals surface area contributed by atoms with Crippen LogP contribution in [0.5, 0.6) is 5.88 Å². The monoisotopic (exact) mass is 201 g/mol. The molecule has 1 aromatic carbocycles. The summed E-state index contributed by atoms with van der Waals surface area (Å²) in [5.41, 5.74) is 0.865. The summed E-state index contributed by atoms with van der Waals surface area (Å²) in [7, 11) is 0. The average Bonchev–Trinajstić information content (AvgIpc) is 2.16. The van der Waals surface area contributed by atoms with Crippen LogP contribution in [0.4, 0.5) is 0 Å². The first kappa shape index (κ1) is 9.65. The van der Waals surface area contributed by atoms with Gasteiger partial charge in [0.2, 0.25) is 5.88 Å². The van der Waals surface area contributed by atoms with Crippen molar-refractivity contribution >= 4 is 16.7 Å². The number of aromatic nitrogens is 1. The number of nitrogens with zero attached hydrogens (tertiary/aromatic N) is 1. The van der Waals surface area contributed by atoms with Gasteiger partial charge in [-0.25, -0.2) is 4.98 Å². The summed E-state index contributed by atoms with van der Waals surface area (Å²) in [6.45, 7) is 3.27. The van der Waals surface area contributed by atoms with Gasteiger partial charge in [0.1, 0.15) is 0 Å². The Labute approximate surface area is 87.7 Å². The van der Waals surface area contributed by atoms with Gasteiger partial charge in [0.05, 0.1) is 0 Å². The van der Waals surface area contributed by atoms with Crippen molar-refractivity contribution in [2.75, 3.05) is 0 Å². The number of hydrogen-bond donors (Lipinski definition) is 0. The minimum Gasteiger partial charge on any atom is -0.408 e. The number of pyridine rings is 1. The van der Waals surface area contributed by atoms with Gasteiger partial charge in [-0.3, -0.25) is 4.79 Å². The number of ether oxygens (including phenoxy) is 1. The lowest BCUT2D eigenvalue weighted by Gasteiger charge is -2.05. The zero-order valence-corrected chi connectivity index (χ0v) is 8.65. The molecule has 0 fully saturated rings. The van der Waals surface area contributed by atoms with Crippen LogP contribution in [-0.4, -0.2) is 11.0 Å². The van der Waals surface area contributed by atoms with Crippen molar-refractivity contribution in [1.29, 1.82) is 0 Å². The van der Waals surface area contributed by atoms with Gasteiger partial charge in [-0.15, -0.1) is 0 Å². The SMILES string of the molecule is CC(=O)Oc1cc2ccccc2c(C)n1. The minimum atomic E-state index is -0.350. The van der Waals surface area contributed by atoms with Crippen molar-refractivity contribution < 1.29 is 9.53 Å². The highest BCUT2D eigenvalue weighted by atomic mass is 16.5. The van der Waals surface area contributed by atoms with Crippen molar-refractivity contribution in [2.45, 2.75) is 13.8 Å². The first-order chi connectivity index (χ1) is 7.16. The van der Waals surface area contributed by atoms with Gasteiger partial charge in [0, 0.05) is 24.1 Å². The van der Waals surface area contributed by atoms with E-state index in [1.165, 1.54) is 6.92 Å². The number of carbonyl (C=O) groups excluding carboxylic acids is 1. The Morgan fingerprint density at radius 2 is 2.07 bits per heavy atom. The van der Waals surface area contributed by atoms with E-state index < -0.39 is 0 Å². The van der Waals surface area contributed by atoms with Crippen LogP contribution in [-0.2, 0) is 4.79 Å². The first-order valence-corrected chi connectivity index (χ1v) is 4.71. The third kappa shape index (κ3) is 1.96. The topological polar surface area (TPSA) is 39.2 Å². The Morgan fingerprint density at radius 1 is 1.33 bits per heavy atom. The Bertz CT molecular complexity index is 520. The lowest BCUT2D eigenvalue weighted by Crippen LogP contribution is -2.03. The molecule has 0 saturated heterocycles. The maximum absolute atomic E-state index is 10.8. The van der Waals surface area contributed by atoms with Gasteiger partial charge < -0.3 is 4.74 Å². The molecule has 2 rings (SSSR count). The summed E-state index contributed by atoms with van der Waals surface area (Å²) in [6, 6.07) is 9.64. The summed E-state index contributed by atoms with van der Waals surface area (Å²) in [5.74, 6) is 0.0101. The van der Waals surface area contributed by atoms with Crippen LogP contribution in [0.2, 0.25) is 0 Å². The fourth-order valence-electron chi connectivity index (χ4n) is 1.54. The van der Waals surface area contributed by atoms with Crippen molar-refractivity contribution in [3.63, 3.8) is 0 Å². The largest absolute Gasteiger partial charge is 0.408 e. The molecule has 3 heteroatoms. The van der Waals surface area contributed by atoms with Crippen molar-refractivity contribution in [1.82, 2.24) is 4.98 Å². The number of fused-ring (bicyclic) bond motifs is 1. The predicted octanol–water partition coefficient (Wildman–Crippen LogP) is 2.47. The highest BCUT2D eigenvalue weighted by molar-refractivity contribution is 5.85. The molecule has 0 N–H and O–H groups in total. The Kier molecular flexibility index (Phi) is 2.37. The fourth-order valence-corrected chi connectivity index (χ4v) is 1.54. The predicted molar refractivity (Wildman–Crippen MR) is 57.8 cm³/mol. The molecule has 0 aliphatic heterocycles. The highest BCUT2D eigenvalue weighted by Crippen LogP contribution is 2.21. The van der Waals surface area contributed by atoms with Crippen molar-refractivity contribution in [3.05, 3.63) is 36.0 Å². The summed E-state index contributed by atoms with van der Waals surface area (Å²) < 4.78 is 4.95. The lowest BCUT2D eigenvalue weighted by atomic mass is 10.1. The number of carbonyl (C=O) groups is 1. The summed E-state index contributed by atoms with van der Waals surface area (Å²) in [6.07, 6.45) is 0. The molecule has 0 bridgehead atoms. The van der Waals surface area contributed by atoms with Gasteiger partial charge in [-0.1, -0.05) is 24.3 Å². The minimum absolute atomic E-state index is 0.350. The maximum atomic E-state index is 10.8. The van der Waals surface area contributed by atoms with E-state index >= 15 is 0 Å². The van der Waals surface area contributed by atoms with Gasteiger partial charge in [-0.2, -0.15) is 0 Å². The molecular formula is C12H11NO2. The van der Waals surface area contributed by atoms with E-state index in [-0.39, 0.29) is 5.97 Å². The number of aryl methyl sites for hydroxylation is 1. The maximum Gasteiger partial charge on any atom is 0.309 e. The standard InChI is InChI=1S/C12H11NO2/c1-8-11-6-4-3-5-10(11)7-12(13-8)15-9(2)14/h3-7H,1-2H3. The second-order valence-corrected chi connectivity index (χ2v) is 3.36. The van der Waals surface area contributed by atoms with Crippen LogP contribution in [0.1, 0.15) is 12.6 Å². The molecule has 2 aromatic rings. The smallest absolute Gasteiger partial charge is 0.309 e. The third-order valence-corrected chi connectivity index (χ3v) is 2.16. The fraction of sp³-hybridized carbons (Fsp3) is 0.167. The zero-order valence-electron chi connectivity index (χ0n) is 8.65. The zero-order chi connectivity index (χ0) is 10.8. The van der Waals surface area contributed by atoms with Gasteiger partial charge in [0.25, 0.3) is 0 Å². The van der Waals surface area contributed by atoms with Crippen LogP contribution in [0.15, 0.2) is 30.3 Å². The third-order valence-electron chi connectivity index (χ3n) is 2.16. The van der Waals surface area contributed by atoms with E-state index in [0.717, 1.165) is 16.5 Å². The van der Waals surface area contributed by atoms with E-state index in [0.29, 0.717) is 5.88 Å². The molecular weight excluding hydrogens is 190 g/mol. The molecule has 0 spiro atoms. The second kappa shape index (κ2) is 3.69. The summed E-state index contributed by atoms with van der Waals surface area (Å²) in [5, 5.41) is 2.11. The van der Waals surface area contributed by atoms with E-state index in [4.69, 9.17) is 4.74 Å². The van der Waals surface area contributed by atoms with Gasteiger partial charge in [-0.05, 0) is 12.3 Å². The van der Waals surface area contributed by atoms with Crippen LogP contribution in [0.25, 0.3) is 10.8 Å². The van der Waals surface area contributed by atoms with Crippen LogP contribution in [0.3, 0.4) is 0 Å². The molecule has 0 aliphatic carbocycles. The summed E-state index contributed by atoms with van der Waals surface area (Å²) >= 11 is 0. The molecule has 3 nitrogen and oxygen atoms in total. The van der Waals surface area contributed by atoms with Crippen LogP contribution >= 0.6 is 0 Å². The molecule has 0 radical (unpaired) electrons. The van der Waals surface area contributed by atoms with Gasteiger partial charge >= 0.3 is 5.97 Å². The van der Waals surface area contributed by atoms with E-state index in [2.05, 4.69) is 4.98 Å². The summed E-state index contributed by atoms with van der Waals surface area (Å²) in [4.78, 5) is 15.0. The molecule has 0 saturated carbocycles. The Hall–Kier alpha value is -1.90. The average molecular weight is 201 g/mol. The van der Waals surface area contributed by atoms with E-state index in [9.17, 15) is 4.79 Å². The molecule has 15 heavy (non-hydrogen) atoms. The molecule has 1 aromatic heterocycles. The number of rotatable bonds is 1. The molecule has 0 atom stereocenters. The second-order valence-electron chi connectivity index (χ2n) is 3.36. The highest BCUT2D eigenvalue weighted by Gasteiger charge is 2.04. The Balaban J connectivity index is 2.57. The molecule has 0 unspecified atom stereocenters. The normalized spacial score (nSPS) is 10.3. The van der Waals surface area contributed by atoms with Crippen LogP contribution < -0.4 is 4.74 Å². The van der Waals surface area contributed by atoms with Crippen molar-refractivity contribution in [3.8, 4) is 5.88 Å². The van der Waals surface area contributed by atoms with Crippen molar-refractivity contribution in [2.24, 2.45) is 0 Å². The van der Waals surface area contributed by atoms with Crippen LogP contribution in [0, 0.1) is 6.92 Å². The Morgan fingerprint density at radius 3 is 2.80 bits per heavy atom. The quantitative estimate of drug-likeness (QED) is 0.665. The number of esters is 1. The lowest BCUT2D eigenvalue weighted by molar-refractivity contribution is -0.132. The molecule has 0 amide bonds. The van der Waals surface area contributed by atoms with E-state index in [1.54, 1.807) is 6.07 Å². The number of hydrogen-bond acceptors (Lipinski definition) is 3. The molecule has 76 valence electrons. The van der Waals surface area contributed by atoms with Gasteiger partial charge in [0.15, 0.2) is 0 Å². The van der Waals surface area contributed by atoms with E-state index in [1.807, 2.05) is 31.2 Å².